The molecule has 0 atom stereocenters. The fourth-order valence-corrected chi connectivity index (χ4v) is 2.15. The van der Waals surface area contributed by atoms with E-state index in [1.165, 1.54) is 12.1 Å². The summed E-state index contributed by atoms with van der Waals surface area (Å²) in [4.78, 5) is 0. The number of anilines is 1. The zero-order chi connectivity index (χ0) is 16.9. The molecule has 112 valence electrons. The van der Waals surface area contributed by atoms with Gasteiger partial charge in [0.25, 0.3) is 0 Å². The lowest BCUT2D eigenvalue weighted by molar-refractivity contribution is -0.274. The average molecular weight is 483 g/mol. The molecule has 0 spiro atoms. The lowest BCUT2D eigenvalue weighted by atomic mass is 10.2. The van der Waals surface area contributed by atoms with Gasteiger partial charge in [0.2, 0.25) is 0 Å². The number of ether oxygens (including phenoxy) is 1. The van der Waals surface area contributed by atoms with Gasteiger partial charge in [-0.2, -0.15) is 15.8 Å². The van der Waals surface area contributed by atoms with Crippen molar-refractivity contribution in [3.63, 3.8) is 0 Å². The van der Waals surface area contributed by atoms with Gasteiger partial charge in [-0.05, 0) is 44.6 Å². The number of allylic oxidation sites excluding steroid dienone is 2. The highest BCUT2D eigenvalue weighted by Crippen LogP contribution is 2.35. The minimum Gasteiger partial charge on any atom is -0.406 e. The molecule has 0 unspecified atom stereocenters. The summed E-state index contributed by atoms with van der Waals surface area (Å²) in [6, 6.07) is 6.75. The van der Waals surface area contributed by atoms with Gasteiger partial charge in [-0.25, -0.2) is 0 Å². The highest BCUT2D eigenvalue weighted by Gasteiger charge is 2.31. The van der Waals surface area contributed by atoms with Crippen molar-refractivity contribution < 1.29 is 17.9 Å². The Morgan fingerprint density at radius 1 is 1.18 bits per heavy atom. The quantitative estimate of drug-likeness (QED) is 0.515. The summed E-state index contributed by atoms with van der Waals surface area (Å²) < 4.78 is 41.3. The van der Waals surface area contributed by atoms with E-state index in [0.717, 1.165) is 12.1 Å². The van der Waals surface area contributed by atoms with Crippen LogP contribution in [0.5, 0.6) is 5.75 Å². The van der Waals surface area contributed by atoms with Gasteiger partial charge in [0.15, 0.2) is 5.57 Å². The molecule has 10 heteroatoms. The maximum absolute atomic E-state index is 12.3. The SMILES string of the molecule is N#CC(C#N)=C(C#N)Nc1cc(OC(F)(F)F)cc(Br)c1I. The monoisotopic (exact) mass is 482 g/mol. The Balaban J connectivity index is 3.32. The van der Waals surface area contributed by atoms with Crippen molar-refractivity contribution in [2.24, 2.45) is 0 Å². The molecule has 22 heavy (non-hydrogen) atoms. The van der Waals surface area contributed by atoms with E-state index in [-0.39, 0.29) is 15.9 Å². The summed E-state index contributed by atoms with van der Waals surface area (Å²) in [6.45, 7) is 0. The van der Waals surface area contributed by atoms with Crippen LogP contribution in [0.2, 0.25) is 0 Å². The minimum absolute atomic E-state index is 0.0776. The number of nitriles is 3. The molecule has 0 heterocycles. The van der Waals surface area contributed by atoms with E-state index < -0.39 is 17.7 Å². The first-order chi connectivity index (χ1) is 10.2. The van der Waals surface area contributed by atoms with Crippen LogP contribution >= 0.6 is 38.5 Å². The first kappa shape index (κ1) is 18.1. The van der Waals surface area contributed by atoms with Crippen molar-refractivity contribution in [1.82, 2.24) is 0 Å². The maximum Gasteiger partial charge on any atom is 0.573 e. The van der Waals surface area contributed by atoms with Crippen molar-refractivity contribution in [2.75, 3.05) is 5.32 Å². The minimum atomic E-state index is -4.87. The molecule has 5 nitrogen and oxygen atoms in total. The number of nitrogens with zero attached hydrogens (tertiary/aromatic N) is 3. The van der Waals surface area contributed by atoms with Gasteiger partial charge in [-0.3, -0.25) is 0 Å². The molecule has 1 rings (SSSR count). The molecule has 1 aromatic carbocycles. The van der Waals surface area contributed by atoms with Crippen LogP contribution in [0.1, 0.15) is 0 Å². The largest absolute Gasteiger partial charge is 0.573 e. The third kappa shape index (κ3) is 4.79. The van der Waals surface area contributed by atoms with Crippen molar-refractivity contribution in [3.8, 4) is 24.0 Å². The standard InChI is InChI=1S/C12H3BrF3IN4O/c13-8-1-7(22-12(14,15)16)2-9(11(8)17)21-10(5-20)6(3-18)4-19/h1-2,21H. The molecule has 0 saturated carbocycles. The summed E-state index contributed by atoms with van der Waals surface area (Å²) >= 11 is 4.88. The number of nitrogens with one attached hydrogen (secondary N) is 1. The lowest BCUT2D eigenvalue weighted by Crippen LogP contribution is -2.17. The Hall–Kier alpha value is -1.97. The molecular formula is C12H3BrF3IN4O. The van der Waals surface area contributed by atoms with Crippen LogP contribution in [-0.2, 0) is 0 Å². The molecule has 1 N–H and O–H groups in total. The zero-order valence-corrected chi connectivity index (χ0v) is 14.0. The highest BCUT2D eigenvalue weighted by molar-refractivity contribution is 14.1. The second kappa shape index (κ2) is 7.34. The van der Waals surface area contributed by atoms with Gasteiger partial charge in [-0.15, -0.1) is 13.2 Å². The van der Waals surface area contributed by atoms with E-state index in [1.807, 2.05) is 22.6 Å². The summed E-state index contributed by atoms with van der Waals surface area (Å²) in [7, 11) is 0. The third-order valence-electron chi connectivity index (χ3n) is 2.08. The molecule has 1 aromatic rings. The highest BCUT2D eigenvalue weighted by atomic mass is 127. The first-order valence-corrected chi connectivity index (χ1v) is 7.05. The van der Waals surface area contributed by atoms with Crippen LogP contribution in [0, 0.1) is 37.6 Å². The third-order valence-corrected chi connectivity index (χ3v) is 4.61. The fraction of sp³-hybridized carbons (Fsp3) is 0.0833. The second-order valence-corrected chi connectivity index (χ2v) is 5.46. The first-order valence-electron chi connectivity index (χ1n) is 5.18. The van der Waals surface area contributed by atoms with Crippen molar-refractivity contribution in [1.29, 1.82) is 15.8 Å². The summed E-state index contributed by atoms with van der Waals surface area (Å²) in [5.74, 6) is -0.518. The molecule has 0 aliphatic heterocycles. The van der Waals surface area contributed by atoms with Crippen LogP contribution in [-0.4, -0.2) is 6.36 Å². The van der Waals surface area contributed by atoms with Crippen LogP contribution in [0.25, 0.3) is 0 Å². The average Bonchev–Trinajstić information content (AvgIpc) is 2.42. The van der Waals surface area contributed by atoms with Crippen LogP contribution in [0.4, 0.5) is 18.9 Å². The van der Waals surface area contributed by atoms with Crippen molar-refractivity contribution in [2.45, 2.75) is 6.36 Å². The van der Waals surface area contributed by atoms with Gasteiger partial charge in [-0.1, -0.05) is 0 Å². The van der Waals surface area contributed by atoms with Gasteiger partial charge in [0.1, 0.15) is 29.7 Å². The molecule has 0 radical (unpaired) electrons. The Labute approximate surface area is 144 Å². The van der Waals surface area contributed by atoms with Gasteiger partial charge >= 0.3 is 6.36 Å². The smallest absolute Gasteiger partial charge is 0.406 e. The zero-order valence-electron chi connectivity index (χ0n) is 10.3. The van der Waals surface area contributed by atoms with E-state index in [4.69, 9.17) is 15.8 Å². The Morgan fingerprint density at radius 2 is 1.77 bits per heavy atom. The molecular weight excluding hydrogens is 480 g/mol. The van der Waals surface area contributed by atoms with E-state index in [2.05, 4.69) is 26.0 Å². The number of benzene rings is 1. The summed E-state index contributed by atoms with van der Waals surface area (Å²) in [5.41, 5.74) is -0.788. The normalized spacial score (nSPS) is 9.91. The number of halogens is 5. The summed E-state index contributed by atoms with van der Waals surface area (Å²) in [5, 5.41) is 28.9. The van der Waals surface area contributed by atoms with Crippen LogP contribution in [0.15, 0.2) is 27.9 Å². The van der Waals surface area contributed by atoms with Gasteiger partial charge < -0.3 is 10.1 Å². The van der Waals surface area contributed by atoms with E-state index in [1.54, 1.807) is 6.07 Å². The predicted octanol–water partition coefficient (Wildman–Crippen LogP) is 4.19. The van der Waals surface area contributed by atoms with Gasteiger partial charge in [0, 0.05) is 10.5 Å². The topological polar surface area (TPSA) is 92.6 Å². The maximum atomic E-state index is 12.3. The molecule has 0 aliphatic carbocycles. The molecule has 0 bridgehead atoms. The Kier molecular flexibility index (Phi) is 6.03. The number of rotatable bonds is 3. The molecule has 0 saturated heterocycles. The summed E-state index contributed by atoms with van der Waals surface area (Å²) in [6.07, 6.45) is -4.87. The Morgan fingerprint density at radius 3 is 2.23 bits per heavy atom. The second-order valence-electron chi connectivity index (χ2n) is 3.52. The molecule has 0 amide bonds. The molecule has 0 aromatic heterocycles. The number of hydrogen-bond donors (Lipinski definition) is 1. The molecule has 0 fully saturated rings. The van der Waals surface area contributed by atoms with E-state index in [0.29, 0.717) is 3.57 Å². The molecule has 0 aliphatic rings. The van der Waals surface area contributed by atoms with Crippen molar-refractivity contribution >= 4 is 44.2 Å². The van der Waals surface area contributed by atoms with E-state index in [9.17, 15) is 13.2 Å². The predicted molar refractivity (Wildman–Crippen MR) is 81.0 cm³/mol. The lowest BCUT2D eigenvalue weighted by Gasteiger charge is -2.14. The Bertz CT molecular complexity index is 740. The van der Waals surface area contributed by atoms with Crippen LogP contribution in [0.3, 0.4) is 0 Å². The van der Waals surface area contributed by atoms with Gasteiger partial charge in [0.05, 0.1) is 9.26 Å². The number of hydrogen-bond acceptors (Lipinski definition) is 5. The van der Waals surface area contributed by atoms with E-state index >= 15 is 0 Å². The van der Waals surface area contributed by atoms with Crippen molar-refractivity contribution in [3.05, 3.63) is 31.4 Å². The fourth-order valence-electron chi connectivity index (χ4n) is 1.27. The number of alkyl halides is 3. The van der Waals surface area contributed by atoms with Crippen LogP contribution < -0.4 is 10.1 Å².